The molecule has 1 rings (SSSR count). The van der Waals surface area contributed by atoms with E-state index in [0.29, 0.717) is 6.61 Å². The standard InChI is InChI=1S/C6H10N2O3/c1-3-11-5-4(9)6(10)8(2)7-5/h5,7H,3H2,1-2H3. The zero-order valence-electron chi connectivity index (χ0n) is 6.46. The highest BCUT2D eigenvalue weighted by Crippen LogP contribution is 2.01. The van der Waals surface area contributed by atoms with E-state index in [1.54, 1.807) is 6.92 Å². The van der Waals surface area contributed by atoms with Crippen LogP contribution >= 0.6 is 0 Å². The minimum absolute atomic E-state index is 0.407. The maximum atomic E-state index is 10.9. The molecule has 1 heterocycles. The molecule has 0 saturated carbocycles. The summed E-state index contributed by atoms with van der Waals surface area (Å²) in [6.07, 6.45) is -0.780. The smallest absolute Gasteiger partial charge is 0.308 e. The topological polar surface area (TPSA) is 58.6 Å². The predicted molar refractivity (Wildman–Crippen MR) is 36.3 cm³/mol. The Bertz CT molecular complexity index is 192. The summed E-state index contributed by atoms with van der Waals surface area (Å²) in [5.41, 5.74) is 2.57. The fraction of sp³-hybridized carbons (Fsp3) is 0.667. The molecular weight excluding hydrogens is 148 g/mol. The van der Waals surface area contributed by atoms with Crippen LogP contribution in [0.15, 0.2) is 0 Å². The van der Waals surface area contributed by atoms with Gasteiger partial charge in [-0.05, 0) is 6.92 Å². The summed E-state index contributed by atoms with van der Waals surface area (Å²) < 4.78 is 4.93. The van der Waals surface area contributed by atoms with Crippen LogP contribution in [0.25, 0.3) is 0 Å². The Labute approximate surface area is 64.3 Å². The van der Waals surface area contributed by atoms with E-state index in [-0.39, 0.29) is 0 Å². The number of likely N-dealkylation sites (N-methyl/N-ethyl adjacent to an activating group) is 1. The number of nitrogens with one attached hydrogen (secondary N) is 1. The number of hydrogen-bond acceptors (Lipinski definition) is 4. The number of amides is 1. The number of hydrogen-bond donors (Lipinski definition) is 1. The van der Waals surface area contributed by atoms with E-state index in [9.17, 15) is 9.59 Å². The second kappa shape index (κ2) is 2.98. The molecule has 11 heavy (non-hydrogen) atoms. The Morgan fingerprint density at radius 3 is 2.64 bits per heavy atom. The Kier molecular flexibility index (Phi) is 2.21. The fourth-order valence-electron chi connectivity index (χ4n) is 0.850. The number of ether oxygens (including phenoxy) is 1. The number of nitrogens with zero attached hydrogens (tertiary/aromatic N) is 1. The van der Waals surface area contributed by atoms with Gasteiger partial charge in [-0.15, -0.1) is 0 Å². The average molecular weight is 158 g/mol. The van der Waals surface area contributed by atoms with Crippen molar-refractivity contribution in [3.05, 3.63) is 0 Å². The molecule has 5 nitrogen and oxygen atoms in total. The zero-order chi connectivity index (χ0) is 8.43. The van der Waals surface area contributed by atoms with Gasteiger partial charge in [0.05, 0.1) is 0 Å². The summed E-state index contributed by atoms with van der Waals surface area (Å²) in [5, 5.41) is 1.13. The number of carbonyl (C=O) groups is 2. The van der Waals surface area contributed by atoms with Crippen LogP contribution < -0.4 is 5.43 Å². The van der Waals surface area contributed by atoms with Crippen molar-refractivity contribution in [1.82, 2.24) is 10.4 Å². The molecule has 62 valence electrons. The molecule has 1 amide bonds. The second-order valence-corrected chi connectivity index (χ2v) is 2.19. The van der Waals surface area contributed by atoms with Crippen molar-refractivity contribution in [2.45, 2.75) is 13.2 Å². The number of rotatable bonds is 2. The minimum atomic E-state index is -0.780. The van der Waals surface area contributed by atoms with E-state index >= 15 is 0 Å². The molecule has 0 radical (unpaired) electrons. The first-order chi connectivity index (χ1) is 5.16. The third-order valence-corrected chi connectivity index (χ3v) is 1.40. The molecule has 0 aromatic heterocycles. The average Bonchev–Trinajstić information content (AvgIpc) is 2.19. The van der Waals surface area contributed by atoms with Gasteiger partial charge in [0.1, 0.15) is 0 Å². The van der Waals surface area contributed by atoms with Gasteiger partial charge >= 0.3 is 5.91 Å². The van der Waals surface area contributed by atoms with Gasteiger partial charge in [0, 0.05) is 13.7 Å². The summed E-state index contributed by atoms with van der Waals surface area (Å²) in [6, 6.07) is 0. The largest absolute Gasteiger partial charge is 0.354 e. The van der Waals surface area contributed by atoms with Gasteiger partial charge in [-0.3, -0.25) is 14.6 Å². The summed E-state index contributed by atoms with van der Waals surface area (Å²) in [7, 11) is 1.49. The lowest BCUT2D eigenvalue weighted by Crippen LogP contribution is -2.35. The lowest BCUT2D eigenvalue weighted by Gasteiger charge is -2.09. The molecular formula is C6H10N2O3. The number of Topliss-reactive ketones (excluding diaryl/α,β-unsaturated/α-hetero) is 1. The fourth-order valence-corrected chi connectivity index (χ4v) is 0.850. The van der Waals surface area contributed by atoms with Gasteiger partial charge in [-0.1, -0.05) is 0 Å². The van der Waals surface area contributed by atoms with Crippen molar-refractivity contribution < 1.29 is 14.3 Å². The Morgan fingerprint density at radius 2 is 2.27 bits per heavy atom. The van der Waals surface area contributed by atoms with E-state index in [4.69, 9.17) is 4.74 Å². The second-order valence-electron chi connectivity index (χ2n) is 2.19. The van der Waals surface area contributed by atoms with Crippen LogP contribution in [0.2, 0.25) is 0 Å². The Balaban J connectivity index is 2.60. The highest BCUT2D eigenvalue weighted by molar-refractivity contribution is 6.39. The molecule has 1 aliphatic heterocycles. The highest BCUT2D eigenvalue weighted by atomic mass is 16.5. The van der Waals surface area contributed by atoms with Crippen molar-refractivity contribution >= 4 is 11.7 Å². The SMILES string of the molecule is CCOC1NN(C)C(=O)C1=O. The zero-order valence-corrected chi connectivity index (χ0v) is 6.46. The first kappa shape index (κ1) is 8.16. The van der Waals surface area contributed by atoms with Crippen LogP contribution in [0.3, 0.4) is 0 Å². The van der Waals surface area contributed by atoms with Crippen LogP contribution in [0, 0.1) is 0 Å². The van der Waals surface area contributed by atoms with Crippen LogP contribution in [0.1, 0.15) is 6.92 Å². The Hall–Kier alpha value is -0.940. The van der Waals surface area contributed by atoms with E-state index in [0.717, 1.165) is 5.01 Å². The highest BCUT2D eigenvalue weighted by Gasteiger charge is 2.36. The van der Waals surface area contributed by atoms with E-state index in [1.807, 2.05) is 0 Å². The first-order valence-electron chi connectivity index (χ1n) is 3.36. The molecule has 0 aromatic carbocycles. The molecule has 0 aromatic rings. The summed E-state index contributed by atoms with van der Waals surface area (Å²) in [4.78, 5) is 21.8. The van der Waals surface area contributed by atoms with E-state index < -0.39 is 17.9 Å². The summed E-state index contributed by atoms with van der Waals surface area (Å²) >= 11 is 0. The molecule has 1 unspecified atom stereocenters. The third kappa shape index (κ3) is 1.38. The molecule has 1 fully saturated rings. The van der Waals surface area contributed by atoms with E-state index in [1.165, 1.54) is 7.05 Å². The van der Waals surface area contributed by atoms with Crippen molar-refractivity contribution in [2.75, 3.05) is 13.7 Å². The van der Waals surface area contributed by atoms with Gasteiger partial charge in [0.15, 0.2) is 6.23 Å². The van der Waals surface area contributed by atoms with Crippen molar-refractivity contribution in [2.24, 2.45) is 0 Å². The van der Waals surface area contributed by atoms with Crippen molar-refractivity contribution in [1.29, 1.82) is 0 Å². The third-order valence-electron chi connectivity index (χ3n) is 1.40. The minimum Gasteiger partial charge on any atom is -0.354 e. The summed E-state index contributed by atoms with van der Waals surface area (Å²) in [6.45, 7) is 2.17. The van der Waals surface area contributed by atoms with Crippen molar-refractivity contribution in [3.63, 3.8) is 0 Å². The summed E-state index contributed by atoms with van der Waals surface area (Å²) in [5.74, 6) is -1.09. The molecule has 1 saturated heterocycles. The van der Waals surface area contributed by atoms with E-state index in [2.05, 4.69) is 5.43 Å². The molecule has 0 bridgehead atoms. The van der Waals surface area contributed by atoms with Gasteiger partial charge < -0.3 is 4.74 Å². The lowest BCUT2D eigenvalue weighted by molar-refractivity contribution is -0.142. The molecule has 5 heteroatoms. The van der Waals surface area contributed by atoms with Crippen LogP contribution in [-0.4, -0.2) is 36.6 Å². The van der Waals surface area contributed by atoms with Crippen LogP contribution in [-0.2, 0) is 14.3 Å². The number of hydrazine groups is 1. The number of ketones is 1. The molecule has 0 aliphatic carbocycles. The Morgan fingerprint density at radius 1 is 1.64 bits per heavy atom. The lowest BCUT2D eigenvalue weighted by atomic mass is 10.4. The van der Waals surface area contributed by atoms with Crippen LogP contribution in [0.5, 0.6) is 0 Å². The normalized spacial score (nSPS) is 24.9. The van der Waals surface area contributed by atoms with Crippen molar-refractivity contribution in [3.8, 4) is 0 Å². The quantitative estimate of drug-likeness (QED) is 0.518. The maximum Gasteiger partial charge on any atom is 0.308 e. The molecule has 1 N–H and O–H groups in total. The van der Waals surface area contributed by atoms with Gasteiger partial charge in [0.25, 0.3) is 5.78 Å². The first-order valence-corrected chi connectivity index (χ1v) is 3.36. The van der Waals surface area contributed by atoms with Gasteiger partial charge in [-0.2, -0.15) is 5.43 Å². The molecule has 0 spiro atoms. The molecule has 1 aliphatic rings. The van der Waals surface area contributed by atoms with Gasteiger partial charge in [0.2, 0.25) is 0 Å². The maximum absolute atomic E-state index is 10.9. The van der Waals surface area contributed by atoms with Gasteiger partial charge in [-0.25, -0.2) is 0 Å². The number of carbonyl (C=O) groups excluding carboxylic acids is 2. The van der Waals surface area contributed by atoms with Crippen LogP contribution in [0.4, 0.5) is 0 Å². The predicted octanol–water partition coefficient (Wildman–Crippen LogP) is -1.11. The molecule has 1 atom stereocenters. The monoisotopic (exact) mass is 158 g/mol.